The normalized spacial score (nSPS) is 11.1. The minimum Gasteiger partial charge on any atom is -0.332 e. The van der Waals surface area contributed by atoms with Crippen LogP contribution in [0.3, 0.4) is 0 Å². The Morgan fingerprint density at radius 1 is 1.17 bits per heavy atom. The van der Waals surface area contributed by atoms with Crippen LogP contribution >= 0.6 is 23.8 Å². The van der Waals surface area contributed by atoms with Gasteiger partial charge in [0, 0.05) is 11.4 Å². The summed E-state index contributed by atoms with van der Waals surface area (Å²) in [5.41, 5.74) is 1.47. The van der Waals surface area contributed by atoms with Gasteiger partial charge in [-0.15, -0.1) is 0 Å². The van der Waals surface area contributed by atoms with Crippen molar-refractivity contribution < 1.29 is 12.8 Å². The highest BCUT2D eigenvalue weighted by molar-refractivity contribution is 7.89. The number of hydrogen-bond acceptors (Lipinski definition) is 3. The first-order valence-corrected chi connectivity index (χ1v) is 8.66. The molecule has 0 spiro atoms. The van der Waals surface area contributed by atoms with Crippen molar-refractivity contribution in [1.29, 1.82) is 0 Å². The van der Waals surface area contributed by atoms with Gasteiger partial charge in [-0.25, -0.2) is 17.9 Å². The second kappa shape index (κ2) is 6.79. The number of primary sulfonamides is 1. The number of nitrogens with two attached hydrogens (primary N) is 1. The van der Waals surface area contributed by atoms with Crippen LogP contribution in [0.25, 0.3) is 0 Å². The molecule has 0 aliphatic heterocycles. The highest BCUT2D eigenvalue weighted by atomic mass is 35.5. The van der Waals surface area contributed by atoms with Crippen LogP contribution in [0.2, 0.25) is 5.02 Å². The van der Waals surface area contributed by atoms with Gasteiger partial charge in [0.15, 0.2) is 5.11 Å². The molecule has 0 heterocycles. The predicted molar refractivity (Wildman–Crippen MR) is 93.8 cm³/mol. The Kier molecular flexibility index (Phi) is 5.20. The number of thiocarbonyl (C=S) groups is 1. The smallest absolute Gasteiger partial charge is 0.238 e. The van der Waals surface area contributed by atoms with Gasteiger partial charge in [0.25, 0.3) is 0 Å². The zero-order chi connectivity index (χ0) is 17.2. The molecular weight excluding hydrogens is 361 g/mol. The molecule has 0 saturated carbocycles. The van der Waals surface area contributed by atoms with E-state index in [-0.39, 0.29) is 15.0 Å². The second-order valence-electron chi connectivity index (χ2n) is 4.73. The zero-order valence-corrected chi connectivity index (χ0v) is 14.3. The van der Waals surface area contributed by atoms with Crippen LogP contribution in [0.4, 0.5) is 15.8 Å². The SMILES string of the molecule is Cc1ccc(NC(=S)Nc2ccc(F)c(Cl)c2)cc1S(N)(=O)=O. The lowest BCUT2D eigenvalue weighted by molar-refractivity contribution is 0.597. The van der Waals surface area contributed by atoms with Crippen molar-refractivity contribution >= 4 is 50.3 Å². The number of hydrogen-bond donors (Lipinski definition) is 3. The van der Waals surface area contributed by atoms with Crippen LogP contribution in [-0.2, 0) is 10.0 Å². The number of halogens is 2. The van der Waals surface area contributed by atoms with Crippen molar-refractivity contribution in [3.8, 4) is 0 Å². The van der Waals surface area contributed by atoms with Crippen molar-refractivity contribution in [3.05, 3.63) is 52.8 Å². The van der Waals surface area contributed by atoms with Gasteiger partial charge in [0.2, 0.25) is 10.0 Å². The van der Waals surface area contributed by atoms with Crippen LogP contribution in [0.1, 0.15) is 5.56 Å². The van der Waals surface area contributed by atoms with Crippen molar-refractivity contribution in [2.45, 2.75) is 11.8 Å². The lowest BCUT2D eigenvalue weighted by atomic mass is 10.2. The summed E-state index contributed by atoms with van der Waals surface area (Å²) in [5, 5.41) is 11.0. The van der Waals surface area contributed by atoms with Crippen molar-refractivity contribution in [3.63, 3.8) is 0 Å². The second-order valence-corrected chi connectivity index (χ2v) is 7.08. The van der Waals surface area contributed by atoms with Gasteiger partial charge in [-0.2, -0.15) is 0 Å². The Morgan fingerprint density at radius 2 is 1.74 bits per heavy atom. The van der Waals surface area contributed by atoms with Gasteiger partial charge >= 0.3 is 0 Å². The average Bonchev–Trinajstić information content (AvgIpc) is 2.44. The van der Waals surface area contributed by atoms with Gasteiger partial charge < -0.3 is 10.6 Å². The lowest BCUT2D eigenvalue weighted by Gasteiger charge is -2.12. The fourth-order valence-corrected chi connectivity index (χ4v) is 3.08. The summed E-state index contributed by atoms with van der Waals surface area (Å²) in [7, 11) is -3.82. The molecule has 0 radical (unpaired) electrons. The number of rotatable bonds is 3. The van der Waals surface area contributed by atoms with E-state index in [2.05, 4.69) is 10.6 Å². The molecule has 5 nitrogen and oxygen atoms in total. The standard InChI is InChI=1S/C14H13ClFN3O2S2/c1-8-2-3-10(7-13(8)23(17,20)21)19-14(22)18-9-4-5-12(16)11(15)6-9/h2-7H,1H3,(H2,17,20,21)(H2,18,19,22). The summed E-state index contributed by atoms with van der Waals surface area (Å²) in [6, 6.07) is 8.72. The molecule has 4 N–H and O–H groups in total. The van der Waals surface area contributed by atoms with E-state index in [4.69, 9.17) is 29.0 Å². The maximum atomic E-state index is 13.1. The fraction of sp³-hybridized carbons (Fsp3) is 0.0714. The maximum Gasteiger partial charge on any atom is 0.238 e. The molecule has 0 aliphatic rings. The molecule has 23 heavy (non-hydrogen) atoms. The number of anilines is 2. The van der Waals surface area contributed by atoms with Crippen LogP contribution in [0.5, 0.6) is 0 Å². The van der Waals surface area contributed by atoms with Gasteiger partial charge in [-0.1, -0.05) is 17.7 Å². The molecule has 9 heteroatoms. The molecule has 0 atom stereocenters. The van der Waals surface area contributed by atoms with E-state index in [1.807, 2.05) is 0 Å². The van der Waals surface area contributed by atoms with Gasteiger partial charge in [0.1, 0.15) is 5.82 Å². The van der Waals surface area contributed by atoms with Crippen molar-refractivity contribution in [1.82, 2.24) is 0 Å². The number of sulfonamides is 1. The Hall–Kier alpha value is -1.74. The van der Waals surface area contributed by atoms with Gasteiger partial charge in [-0.3, -0.25) is 0 Å². The van der Waals surface area contributed by atoms with Crippen LogP contribution in [0, 0.1) is 12.7 Å². The summed E-state index contributed by atoms with van der Waals surface area (Å²) in [4.78, 5) is 0.00938. The third-order valence-corrected chi connectivity index (χ3v) is 4.48. The molecule has 0 saturated heterocycles. The van der Waals surface area contributed by atoms with E-state index in [1.54, 1.807) is 19.1 Å². The molecule has 122 valence electrons. The molecule has 0 aliphatic carbocycles. The van der Waals surface area contributed by atoms with E-state index in [9.17, 15) is 12.8 Å². The van der Waals surface area contributed by atoms with E-state index in [0.717, 1.165) is 0 Å². The minimum atomic E-state index is -3.82. The van der Waals surface area contributed by atoms with Gasteiger partial charge in [0.05, 0.1) is 9.92 Å². The largest absolute Gasteiger partial charge is 0.332 e. The fourth-order valence-electron chi connectivity index (χ4n) is 1.85. The van der Waals surface area contributed by atoms with E-state index >= 15 is 0 Å². The van der Waals surface area contributed by atoms with Crippen LogP contribution in [-0.4, -0.2) is 13.5 Å². The molecule has 2 aromatic carbocycles. The molecule has 2 aromatic rings. The number of benzene rings is 2. The first-order valence-electron chi connectivity index (χ1n) is 6.33. The molecule has 0 bridgehead atoms. The predicted octanol–water partition coefficient (Wildman–Crippen LogP) is 3.24. The van der Waals surface area contributed by atoms with Crippen LogP contribution < -0.4 is 15.8 Å². The summed E-state index contributed by atoms with van der Waals surface area (Å²) >= 11 is 10.8. The Bertz CT molecular complexity index is 872. The first kappa shape index (κ1) is 17.6. The summed E-state index contributed by atoms with van der Waals surface area (Å²) in [5.74, 6) is -0.535. The maximum absolute atomic E-state index is 13.1. The third-order valence-electron chi connectivity index (χ3n) is 2.93. The zero-order valence-electron chi connectivity index (χ0n) is 11.9. The lowest BCUT2D eigenvalue weighted by Crippen LogP contribution is -2.20. The van der Waals surface area contributed by atoms with E-state index in [1.165, 1.54) is 24.3 Å². The summed E-state index contributed by atoms with van der Waals surface area (Å²) in [6.45, 7) is 1.64. The van der Waals surface area contributed by atoms with Crippen molar-refractivity contribution in [2.24, 2.45) is 5.14 Å². The average molecular weight is 374 g/mol. The molecule has 0 amide bonds. The third kappa shape index (κ3) is 4.61. The quantitative estimate of drug-likeness (QED) is 0.719. The van der Waals surface area contributed by atoms with E-state index in [0.29, 0.717) is 16.9 Å². The molecule has 0 fully saturated rings. The number of nitrogens with one attached hydrogen (secondary N) is 2. The highest BCUT2D eigenvalue weighted by Gasteiger charge is 2.12. The Morgan fingerprint density at radius 3 is 2.30 bits per heavy atom. The molecule has 0 unspecified atom stereocenters. The molecular formula is C14H13ClFN3O2S2. The van der Waals surface area contributed by atoms with Crippen molar-refractivity contribution in [2.75, 3.05) is 10.6 Å². The monoisotopic (exact) mass is 373 g/mol. The number of aryl methyl sites for hydroxylation is 1. The highest BCUT2D eigenvalue weighted by Crippen LogP contribution is 2.21. The first-order chi connectivity index (χ1) is 10.7. The van der Waals surface area contributed by atoms with E-state index < -0.39 is 15.8 Å². The molecule has 0 aromatic heterocycles. The van der Waals surface area contributed by atoms with Gasteiger partial charge in [-0.05, 0) is 55.0 Å². The van der Waals surface area contributed by atoms with Crippen LogP contribution in [0.15, 0.2) is 41.3 Å². The summed E-state index contributed by atoms with van der Waals surface area (Å²) in [6.07, 6.45) is 0. The topological polar surface area (TPSA) is 84.2 Å². The molecule has 2 rings (SSSR count). The minimum absolute atomic E-state index is 0.00938. The Labute approximate surface area is 143 Å². The Balaban J connectivity index is 2.16. The summed E-state index contributed by atoms with van der Waals surface area (Å²) < 4.78 is 36.1.